The highest BCUT2D eigenvalue weighted by Gasteiger charge is 2.76. The van der Waals surface area contributed by atoms with Gasteiger partial charge in [0.25, 0.3) is 0 Å². The Balaban J connectivity index is 3.26. The summed E-state index contributed by atoms with van der Waals surface area (Å²) in [5.41, 5.74) is 0.302. The molecule has 0 aromatic carbocycles. The third-order valence-electron chi connectivity index (χ3n) is 8.91. The maximum Gasteiger partial charge on any atom is 0.307 e. The van der Waals surface area contributed by atoms with E-state index in [1.807, 2.05) is 74.5 Å². The average Bonchev–Trinajstić information content (AvgIpc) is 2.85. The summed E-state index contributed by atoms with van der Waals surface area (Å²) in [5, 5.41) is 0. The van der Waals surface area contributed by atoms with Crippen LogP contribution in [0, 0.1) is 28.1 Å². The summed E-state index contributed by atoms with van der Waals surface area (Å²) in [4.78, 5) is 57.6. The minimum atomic E-state index is -1.89. The number of ketones is 3. The first-order chi connectivity index (χ1) is 18.9. The summed E-state index contributed by atoms with van der Waals surface area (Å²) >= 11 is 0. The van der Waals surface area contributed by atoms with Crippen LogP contribution in [0.1, 0.15) is 115 Å². The summed E-state index contributed by atoms with van der Waals surface area (Å²) in [6, 6.07) is 0. The average molecular weight is 565 g/mol. The quantitative estimate of drug-likeness (QED) is 0.143. The minimum Gasteiger partial charge on any atom is -0.430 e. The molecule has 5 heteroatoms. The number of carbonyl (C=O) groups excluding carboxylic acids is 4. The van der Waals surface area contributed by atoms with E-state index in [9.17, 15) is 9.59 Å². The fourth-order valence-corrected chi connectivity index (χ4v) is 6.68. The fourth-order valence-electron chi connectivity index (χ4n) is 6.68. The van der Waals surface area contributed by atoms with Gasteiger partial charge < -0.3 is 4.74 Å². The van der Waals surface area contributed by atoms with Gasteiger partial charge in [0.05, 0.1) is 5.41 Å². The molecule has 0 heterocycles. The first-order valence-corrected chi connectivity index (χ1v) is 15.0. The Morgan fingerprint density at radius 2 is 1.34 bits per heavy atom. The molecule has 0 amide bonds. The van der Waals surface area contributed by atoms with Crippen LogP contribution in [-0.4, -0.2) is 23.3 Å². The molecule has 0 aliphatic heterocycles. The van der Waals surface area contributed by atoms with Gasteiger partial charge in [-0.2, -0.15) is 0 Å². The van der Waals surface area contributed by atoms with Gasteiger partial charge in [0.2, 0.25) is 0 Å². The monoisotopic (exact) mass is 564 g/mol. The Bertz CT molecular complexity index is 1240. The molecule has 41 heavy (non-hydrogen) atoms. The van der Waals surface area contributed by atoms with Crippen LogP contribution in [0.15, 0.2) is 57.9 Å². The molecule has 2 aliphatic carbocycles. The van der Waals surface area contributed by atoms with Crippen LogP contribution >= 0.6 is 0 Å². The molecule has 2 bridgehead atoms. The zero-order chi connectivity index (χ0) is 31.5. The zero-order valence-electron chi connectivity index (χ0n) is 27.5. The molecule has 0 unspecified atom stereocenters. The molecule has 226 valence electrons. The smallest absolute Gasteiger partial charge is 0.307 e. The topological polar surface area (TPSA) is 77.5 Å². The predicted molar refractivity (Wildman–Crippen MR) is 166 cm³/mol. The van der Waals surface area contributed by atoms with Crippen molar-refractivity contribution in [2.45, 2.75) is 115 Å². The number of hydrogen-bond acceptors (Lipinski definition) is 5. The third kappa shape index (κ3) is 6.34. The number of hydrogen-bond donors (Lipinski definition) is 0. The van der Waals surface area contributed by atoms with Gasteiger partial charge in [0.1, 0.15) is 5.76 Å². The van der Waals surface area contributed by atoms with Gasteiger partial charge in [0.15, 0.2) is 22.8 Å². The summed E-state index contributed by atoms with van der Waals surface area (Å²) in [6.45, 7) is 22.7. The van der Waals surface area contributed by atoms with Crippen molar-refractivity contribution in [1.29, 1.82) is 0 Å². The van der Waals surface area contributed by atoms with Crippen molar-refractivity contribution in [2.24, 2.45) is 28.1 Å². The second-order valence-corrected chi connectivity index (χ2v) is 13.7. The molecule has 5 nitrogen and oxygen atoms in total. The standard InChI is InChI=1S/C36H52O5/c1-22(2)13-15-28-21-35(20-18-25(7)8)32(41-27(11)37)29(16-14-23(3)4)31(39)36(33(35)40,30(38)26(9)10)34(28,12)19-17-24(5)6/h13-14,17-18,26,28H,15-16,19-21H2,1-12H3/t28-,34+,35+,36-/m0/s1. The van der Waals surface area contributed by atoms with Gasteiger partial charge >= 0.3 is 5.97 Å². The van der Waals surface area contributed by atoms with Crippen LogP contribution in [-0.2, 0) is 23.9 Å². The SMILES string of the molecule is CC(=O)OC1=C(CC=C(C)C)C(=O)[C@@]2(C(=O)C(C)C)C(=O)[C@]1(CC=C(C)C)C[C@H](CC=C(C)C)[C@@]2(C)CC=C(C)C. The van der Waals surface area contributed by atoms with Gasteiger partial charge in [-0.15, -0.1) is 0 Å². The molecule has 0 radical (unpaired) electrons. The third-order valence-corrected chi connectivity index (χ3v) is 8.91. The number of rotatable bonds is 11. The van der Waals surface area contributed by atoms with Crippen molar-refractivity contribution in [3.8, 4) is 0 Å². The number of ether oxygens (including phenoxy) is 1. The van der Waals surface area contributed by atoms with Crippen molar-refractivity contribution in [2.75, 3.05) is 0 Å². The van der Waals surface area contributed by atoms with Crippen molar-refractivity contribution in [1.82, 2.24) is 0 Å². The van der Waals surface area contributed by atoms with Crippen molar-refractivity contribution in [3.63, 3.8) is 0 Å². The molecule has 0 aromatic rings. The van der Waals surface area contributed by atoms with E-state index in [4.69, 9.17) is 4.74 Å². The Labute approximate surface area is 248 Å². The van der Waals surface area contributed by atoms with Crippen LogP contribution in [0.5, 0.6) is 0 Å². The molecule has 0 spiro atoms. The first-order valence-electron chi connectivity index (χ1n) is 15.0. The Kier molecular flexibility index (Phi) is 10.9. The van der Waals surface area contributed by atoms with E-state index in [2.05, 4.69) is 12.2 Å². The molecular weight excluding hydrogens is 512 g/mol. The molecule has 0 aromatic heterocycles. The maximum atomic E-state index is 15.3. The van der Waals surface area contributed by atoms with Gasteiger partial charge in [-0.1, -0.05) is 67.4 Å². The minimum absolute atomic E-state index is 0.147. The maximum absolute atomic E-state index is 15.3. The summed E-state index contributed by atoms with van der Waals surface area (Å²) in [7, 11) is 0. The fraction of sp³-hybridized carbons (Fsp3) is 0.611. The van der Waals surface area contributed by atoms with Gasteiger partial charge in [-0.05, 0) is 93.4 Å². The summed E-state index contributed by atoms with van der Waals surface area (Å²) in [5.74, 6) is -2.40. The Morgan fingerprint density at radius 1 is 0.829 bits per heavy atom. The molecule has 1 fully saturated rings. The largest absolute Gasteiger partial charge is 0.430 e. The summed E-state index contributed by atoms with van der Waals surface area (Å²) in [6.07, 6.45) is 9.97. The molecular formula is C36H52O5. The second-order valence-electron chi connectivity index (χ2n) is 13.7. The lowest BCUT2D eigenvalue weighted by atomic mass is 9.38. The van der Waals surface area contributed by atoms with Crippen LogP contribution in [0.25, 0.3) is 0 Å². The van der Waals surface area contributed by atoms with E-state index in [0.717, 1.165) is 22.3 Å². The normalized spacial score (nSPS) is 27.3. The lowest BCUT2D eigenvalue weighted by molar-refractivity contribution is -0.180. The van der Waals surface area contributed by atoms with Crippen molar-refractivity contribution < 1.29 is 23.9 Å². The lowest BCUT2D eigenvalue weighted by Gasteiger charge is -2.61. The van der Waals surface area contributed by atoms with Crippen molar-refractivity contribution >= 4 is 23.3 Å². The van der Waals surface area contributed by atoms with Crippen molar-refractivity contribution in [3.05, 3.63) is 57.9 Å². The number of esters is 1. The van der Waals surface area contributed by atoms with Gasteiger partial charge in [0, 0.05) is 23.8 Å². The van der Waals surface area contributed by atoms with E-state index >= 15 is 9.59 Å². The predicted octanol–water partition coefficient (Wildman–Crippen LogP) is 8.60. The lowest BCUT2D eigenvalue weighted by Crippen LogP contribution is -2.71. The van der Waals surface area contributed by atoms with Crippen LogP contribution in [0.2, 0.25) is 0 Å². The van der Waals surface area contributed by atoms with E-state index in [1.165, 1.54) is 6.92 Å². The molecule has 1 saturated carbocycles. The van der Waals surface area contributed by atoms with Gasteiger partial charge in [-0.3, -0.25) is 19.2 Å². The number of fused-ring (bicyclic) bond motifs is 2. The Morgan fingerprint density at radius 3 is 1.80 bits per heavy atom. The van der Waals surface area contributed by atoms with E-state index in [1.54, 1.807) is 13.8 Å². The van der Waals surface area contributed by atoms with Gasteiger partial charge in [-0.25, -0.2) is 0 Å². The molecule has 4 atom stereocenters. The molecule has 2 aliphatic rings. The highest BCUT2D eigenvalue weighted by atomic mass is 16.5. The number of allylic oxidation sites excluding steroid dienone is 10. The second kappa shape index (κ2) is 13.0. The Hall–Kier alpha value is -2.82. The number of carbonyl (C=O) groups is 4. The molecule has 2 rings (SSSR count). The highest BCUT2D eigenvalue weighted by Crippen LogP contribution is 2.67. The molecule has 0 N–H and O–H groups in total. The van der Waals surface area contributed by atoms with E-state index < -0.39 is 39.7 Å². The molecule has 0 saturated heterocycles. The van der Waals surface area contributed by atoms with Crippen LogP contribution in [0.3, 0.4) is 0 Å². The number of Topliss-reactive ketones (excluding diaryl/α,β-unsaturated/α-hetero) is 3. The van der Waals surface area contributed by atoms with E-state index in [0.29, 0.717) is 19.3 Å². The summed E-state index contributed by atoms with van der Waals surface area (Å²) < 4.78 is 5.93. The van der Waals surface area contributed by atoms with Crippen LogP contribution in [0.4, 0.5) is 0 Å². The zero-order valence-corrected chi connectivity index (χ0v) is 27.5. The van der Waals surface area contributed by atoms with Crippen LogP contribution < -0.4 is 0 Å². The highest BCUT2D eigenvalue weighted by molar-refractivity contribution is 6.33. The van der Waals surface area contributed by atoms with E-state index in [-0.39, 0.29) is 35.9 Å². The first kappa shape index (κ1) is 34.4.